The lowest BCUT2D eigenvalue weighted by atomic mass is 10.2. The summed E-state index contributed by atoms with van der Waals surface area (Å²) in [6.07, 6.45) is 0.346. The maximum atomic E-state index is 11.3. The Balaban J connectivity index is 0.00000289. The van der Waals surface area contributed by atoms with E-state index in [0.717, 1.165) is 10.2 Å². The predicted molar refractivity (Wildman–Crippen MR) is 78.2 cm³/mol. The van der Waals surface area contributed by atoms with Gasteiger partial charge in [-0.15, -0.1) is 12.4 Å². The van der Waals surface area contributed by atoms with Crippen LogP contribution >= 0.6 is 28.3 Å². The summed E-state index contributed by atoms with van der Waals surface area (Å²) in [5, 5.41) is 2.74. The van der Waals surface area contributed by atoms with Crippen molar-refractivity contribution in [1.82, 2.24) is 5.32 Å². The van der Waals surface area contributed by atoms with E-state index in [-0.39, 0.29) is 24.4 Å². The Labute approximate surface area is 122 Å². The van der Waals surface area contributed by atoms with E-state index in [2.05, 4.69) is 21.2 Å². The van der Waals surface area contributed by atoms with Crippen LogP contribution in [0.4, 0.5) is 0 Å². The number of carbonyl (C=O) groups is 1. The molecule has 0 aliphatic rings. The molecule has 1 atom stereocenters. The van der Waals surface area contributed by atoms with Crippen molar-refractivity contribution >= 4 is 34.2 Å². The van der Waals surface area contributed by atoms with Crippen LogP contribution in [0.1, 0.15) is 13.3 Å². The molecule has 0 saturated carbocycles. The van der Waals surface area contributed by atoms with Gasteiger partial charge in [-0.1, -0.05) is 15.9 Å². The highest BCUT2D eigenvalue weighted by Crippen LogP contribution is 2.15. The van der Waals surface area contributed by atoms with Crippen LogP contribution in [0.3, 0.4) is 0 Å². The van der Waals surface area contributed by atoms with Crippen LogP contribution in [0.15, 0.2) is 28.7 Å². The van der Waals surface area contributed by atoms with Gasteiger partial charge in [-0.3, -0.25) is 4.79 Å². The van der Waals surface area contributed by atoms with E-state index in [1.165, 1.54) is 0 Å². The zero-order chi connectivity index (χ0) is 12.7. The molecule has 0 aliphatic heterocycles. The molecule has 18 heavy (non-hydrogen) atoms. The van der Waals surface area contributed by atoms with Gasteiger partial charge in [0.1, 0.15) is 12.4 Å². The van der Waals surface area contributed by atoms with Crippen LogP contribution < -0.4 is 15.8 Å². The molecule has 0 aliphatic carbocycles. The van der Waals surface area contributed by atoms with Gasteiger partial charge in [0.2, 0.25) is 5.91 Å². The van der Waals surface area contributed by atoms with Gasteiger partial charge in [-0.25, -0.2) is 0 Å². The molecule has 1 aromatic rings. The van der Waals surface area contributed by atoms with Crippen molar-refractivity contribution in [3.63, 3.8) is 0 Å². The van der Waals surface area contributed by atoms with E-state index >= 15 is 0 Å². The van der Waals surface area contributed by atoms with Crippen molar-refractivity contribution in [3.05, 3.63) is 28.7 Å². The summed E-state index contributed by atoms with van der Waals surface area (Å²) < 4.78 is 6.46. The molecule has 3 N–H and O–H groups in total. The Hall–Kier alpha value is -0.780. The Morgan fingerprint density at radius 2 is 2.06 bits per heavy atom. The lowest BCUT2D eigenvalue weighted by molar-refractivity contribution is -0.121. The second-order valence-electron chi connectivity index (χ2n) is 3.83. The highest BCUT2D eigenvalue weighted by Gasteiger charge is 2.03. The van der Waals surface area contributed by atoms with E-state index in [1.54, 1.807) is 6.92 Å². The van der Waals surface area contributed by atoms with Crippen LogP contribution in [0, 0.1) is 0 Å². The van der Waals surface area contributed by atoms with Crippen LogP contribution in [0.2, 0.25) is 0 Å². The molecule has 0 radical (unpaired) electrons. The molecule has 0 spiro atoms. The van der Waals surface area contributed by atoms with Crippen molar-refractivity contribution in [2.24, 2.45) is 5.73 Å². The van der Waals surface area contributed by atoms with Crippen molar-refractivity contribution in [2.45, 2.75) is 19.4 Å². The van der Waals surface area contributed by atoms with Gasteiger partial charge in [-0.2, -0.15) is 0 Å². The van der Waals surface area contributed by atoms with Crippen molar-refractivity contribution in [1.29, 1.82) is 0 Å². The number of ether oxygens (including phenoxy) is 1. The molecule has 1 amide bonds. The summed E-state index contributed by atoms with van der Waals surface area (Å²) in [6.45, 7) is 2.74. The van der Waals surface area contributed by atoms with Gasteiger partial charge in [0.15, 0.2) is 0 Å². The standard InChI is InChI=1S/C12H17BrN2O2.ClH/c1-9(14)8-12(16)15-6-7-17-11-4-2-10(13)3-5-11;/h2-5,9H,6-8,14H2,1H3,(H,15,16);1H. The van der Waals surface area contributed by atoms with Crippen LogP contribution in [-0.2, 0) is 4.79 Å². The number of nitrogens with one attached hydrogen (secondary N) is 1. The fraction of sp³-hybridized carbons (Fsp3) is 0.417. The maximum absolute atomic E-state index is 11.3. The van der Waals surface area contributed by atoms with E-state index in [4.69, 9.17) is 10.5 Å². The van der Waals surface area contributed by atoms with Crippen LogP contribution in [-0.4, -0.2) is 25.1 Å². The van der Waals surface area contributed by atoms with E-state index in [9.17, 15) is 4.79 Å². The summed E-state index contributed by atoms with van der Waals surface area (Å²) in [5.41, 5.74) is 5.51. The zero-order valence-electron chi connectivity index (χ0n) is 10.2. The Kier molecular flexibility index (Phi) is 8.79. The zero-order valence-corrected chi connectivity index (χ0v) is 12.6. The quantitative estimate of drug-likeness (QED) is 0.781. The molecular formula is C12H18BrClN2O2. The number of carbonyl (C=O) groups excluding carboxylic acids is 1. The number of nitrogens with two attached hydrogens (primary N) is 1. The fourth-order valence-electron chi connectivity index (χ4n) is 1.25. The van der Waals surface area contributed by atoms with Crippen LogP contribution in [0.5, 0.6) is 5.75 Å². The first kappa shape index (κ1) is 17.2. The molecule has 0 aromatic heterocycles. The van der Waals surface area contributed by atoms with Gasteiger partial charge in [0.25, 0.3) is 0 Å². The molecule has 1 unspecified atom stereocenters. The molecule has 0 saturated heterocycles. The predicted octanol–water partition coefficient (Wildman–Crippen LogP) is 2.10. The normalized spacial score (nSPS) is 11.3. The van der Waals surface area contributed by atoms with Crippen molar-refractivity contribution in [2.75, 3.05) is 13.2 Å². The van der Waals surface area contributed by atoms with E-state index < -0.39 is 0 Å². The third-order valence-electron chi connectivity index (χ3n) is 2.01. The molecular weight excluding hydrogens is 320 g/mol. The molecule has 6 heteroatoms. The molecule has 102 valence electrons. The summed E-state index contributed by atoms with van der Waals surface area (Å²) in [4.78, 5) is 11.3. The van der Waals surface area contributed by atoms with Crippen molar-refractivity contribution < 1.29 is 9.53 Å². The molecule has 1 aromatic carbocycles. The number of rotatable bonds is 6. The van der Waals surface area contributed by atoms with Gasteiger partial charge in [0.05, 0.1) is 6.54 Å². The third kappa shape index (κ3) is 7.53. The monoisotopic (exact) mass is 336 g/mol. The minimum absolute atomic E-state index is 0. The third-order valence-corrected chi connectivity index (χ3v) is 2.54. The first-order chi connectivity index (χ1) is 8.08. The highest BCUT2D eigenvalue weighted by atomic mass is 79.9. The molecule has 0 fully saturated rings. The molecule has 1 rings (SSSR count). The smallest absolute Gasteiger partial charge is 0.221 e. The summed E-state index contributed by atoms with van der Waals surface area (Å²) >= 11 is 3.34. The van der Waals surface area contributed by atoms with Crippen LogP contribution in [0.25, 0.3) is 0 Å². The fourth-order valence-corrected chi connectivity index (χ4v) is 1.52. The molecule has 4 nitrogen and oxygen atoms in total. The van der Waals surface area contributed by atoms with E-state index in [0.29, 0.717) is 19.6 Å². The second-order valence-corrected chi connectivity index (χ2v) is 4.75. The second kappa shape index (κ2) is 9.19. The minimum Gasteiger partial charge on any atom is -0.492 e. The first-order valence-corrected chi connectivity index (χ1v) is 6.28. The van der Waals surface area contributed by atoms with E-state index in [1.807, 2.05) is 24.3 Å². The minimum atomic E-state index is -0.109. The number of hydrogen-bond donors (Lipinski definition) is 2. The Bertz CT molecular complexity index is 358. The molecule has 0 bridgehead atoms. The first-order valence-electron chi connectivity index (χ1n) is 5.48. The SMILES string of the molecule is CC(N)CC(=O)NCCOc1ccc(Br)cc1.Cl. The average molecular weight is 338 g/mol. The summed E-state index contributed by atoms with van der Waals surface area (Å²) in [6, 6.07) is 7.44. The lowest BCUT2D eigenvalue weighted by Gasteiger charge is -2.08. The number of benzene rings is 1. The van der Waals surface area contributed by atoms with Gasteiger partial charge >= 0.3 is 0 Å². The Morgan fingerprint density at radius 1 is 1.44 bits per heavy atom. The van der Waals surface area contributed by atoms with Gasteiger partial charge in [0, 0.05) is 16.9 Å². The summed E-state index contributed by atoms with van der Waals surface area (Å²) in [7, 11) is 0. The topological polar surface area (TPSA) is 64.4 Å². The van der Waals surface area contributed by atoms with Gasteiger partial charge in [-0.05, 0) is 31.2 Å². The van der Waals surface area contributed by atoms with Gasteiger partial charge < -0.3 is 15.8 Å². The largest absolute Gasteiger partial charge is 0.492 e. The number of halogens is 2. The number of hydrogen-bond acceptors (Lipinski definition) is 3. The number of amides is 1. The molecule has 0 heterocycles. The van der Waals surface area contributed by atoms with Crippen molar-refractivity contribution in [3.8, 4) is 5.75 Å². The highest BCUT2D eigenvalue weighted by molar-refractivity contribution is 9.10. The average Bonchev–Trinajstić information content (AvgIpc) is 2.26. The maximum Gasteiger partial charge on any atom is 0.221 e. The summed E-state index contributed by atoms with van der Waals surface area (Å²) in [5.74, 6) is 0.744. The Morgan fingerprint density at radius 3 is 2.61 bits per heavy atom. The lowest BCUT2D eigenvalue weighted by Crippen LogP contribution is -2.32.